The van der Waals surface area contributed by atoms with Gasteiger partial charge in [0, 0.05) is 12.1 Å². The van der Waals surface area contributed by atoms with Gasteiger partial charge >= 0.3 is 12.1 Å². The molecule has 3 rings (SSSR count). The molecule has 4 nitrogen and oxygen atoms in total. The molecule has 1 amide bonds. The molecule has 1 saturated carbocycles. The first-order valence-corrected chi connectivity index (χ1v) is 8.78. The molecule has 1 aromatic carbocycles. The largest absolute Gasteiger partial charge is 0.478 e. The number of carbonyl (C=O) groups excluding carboxylic acids is 1. The fourth-order valence-corrected chi connectivity index (χ4v) is 4.17. The Morgan fingerprint density at radius 1 is 1.23 bits per heavy atom. The van der Waals surface area contributed by atoms with Gasteiger partial charge in [0.1, 0.15) is 0 Å². The van der Waals surface area contributed by atoms with Crippen LogP contribution in [-0.4, -0.2) is 34.6 Å². The van der Waals surface area contributed by atoms with E-state index in [0.29, 0.717) is 24.9 Å². The van der Waals surface area contributed by atoms with Crippen molar-refractivity contribution in [2.75, 3.05) is 6.54 Å². The van der Waals surface area contributed by atoms with Crippen LogP contribution >= 0.6 is 0 Å². The third-order valence-electron chi connectivity index (χ3n) is 5.83. The van der Waals surface area contributed by atoms with Gasteiger partial charge < -0.3 is 10.0 Å². The molecule has 142 valence electrons. The highest BCUT2D eigenvalue weighted by atomic mass is 19.4. The minimum atomic E-state index is -4.14. The maximum absolute atomic E-state index is 12.8. The number of hydrogen-bond donors (Lipinski definition) is 1. The average Bonchev–Trinajstić information content (AvgIpc) is 2.75. The van der Waals surface area contributed by atoms with Crippen molar-refractivity contribution in [2.24, 2.45) is 11.8 Å². The fraction of sp³-hybridized carbons (Fsp3) is 0.579. The Hall–Kier alpha value is -2.05. The predicted molar refractivity (Wildman–Crippen MR) is 89.0 cm³/mol. The van der Waals surface area contributed by atoms with E-state index in [9.17, 15) is 22.8 Å². The number of carboxylic acids is 1. The van der Waals surface area contributed by atoms with Crippen LogP contribution in [0, 0.1) is 11.8 Å². The van der Waals surface area contributed by atoms with Crippen LogP contribution in [0.2, 0.25) is 0 Å². The zero-order valence-electron chi connectivity index (χ0n) is 14.8. The molecule has 1 aliphatic heterocycles. The van der Waals surface area contributed by atoms with E-state index in [1.54, 1.807) is 11.0 Å². The molecule has 2 aliphatic rings. The van der Waals surface area contributed by atoms with E-state index >= 15 is 0 Å². The van der Waals surface area contributed by atoms with E-state index in [2.05, 4.69) is 0 Å². The van der Waals surface area contributed by atoms with Crippen molar-refractivity contribution in [3.05, 3.63) is 34.9 Å². The first-order valence-electron chi connectivity index (χ1n) is 8.78. The average molecular weight is 369 g/mol. The lowest BCUT2D eigenvalue weighted by atomic mass is 9.81. The molecule has 0 radical (unpaired) electrons. The van der Waals surface area contributed by atoms with Crippen molar-refractivity contribution in [3.8, 4) is 0 Å². The Labute approximate surface area is 150 Å². The summed E-state index contributed by atoms with van der Waals surface area (Å²) in [6.45, 7) is 4.17. The summed E-state index contributed by atoms with van der Waals surface area (Å²) in [5, 5.41) is 9.13. The lowest BCUT2D eigenvalue weighted by Gasteiger charge is -2.38. The maximum Gasteiger partial charge on any atom is 0.391 e. The van der Waals surface area contributed by atoms with E-state index in [-0.39, 0.29) is 30.2 Å². The number of alkyl halides is 3. The van der Waals surface area contributed by atoms with Crippen LogP contribution in [0.15, 0.2) is 18.2 Å². The molecule has 1 N–H and O–H groups in total. The van der Waals surface area contributed by atoms with Gasteiger partial charge in [0.2, 0.25) is 0 Å². The number of aromatic carboxylic acids is 1. The van der Waals surface area contributed by atoms with Gasteiger partial charge in [-0.25, -0.2) is 4.79 Å². The van der Waals surface area contributed by atoms with Crippen LogP contribution in [0.1, 0.15) is 65.8 Å². The monoisotopic (exact) mass is 369 g/mol. The van der Waals surface area contributed by atoms with Crippen LogP contribution < -0.4 is 0 Å². The minimum absolute atomic E-state index is 0.0325. The number of benzene rings is 1. The van der Waals surface area contributed by atoms with E-state index < -0.39 is 23.6 Å². The molecule has 1 heterocycles. The summed E-state index contributed by atoms with van der Waals surface area (Å²) in [5.74, 6) is -2.55. The normalized spacial score (nSPS) is 25.3. The van der Waals surface area contributed by atoms with Crippen molar-refractivity contribution in [3.63, 3.8) is 0 Å². The van der Waals surface area contributed by atoms with E-state index in [4.69, 9.17) is 5.11 Å². The first-order chi connectivity index (χ1) is 12.0. The van der Waals surface area contributed by atoms with Crippen LogP contribution in [0.25, 0.3) is 0 Å². The summed E-state index contributed by atoms with van der Waals surface area (Å²) in [6.07, 6.45) is -3.04. The lowest BCUT2D eigenvalue weighted by Crippen LogP contribution is -2.43. The summed E-state index contributed by atoms with van der Waals surface area (Å²) in [6, 6.07) is 4.54. The minimum Gasteiger partial charge on any atom is -0.478 e. The highest BCUT2D eigenvalue weighted by Crippen LogP contribution is 2.43. The smallest absolute Gasteiger partial charge is 0.391 e. The molecule has 0 saturated heterocycles. The summed E-state index contributed by atoms with van der Waals surface area (Å²) in [7, 11) is 0. The van der Waals surface area contributed by atoms with Gasteiger partial charge in [0.05, 0.1) is 17.0 Å². The molecular weight excluding hydrogens is 347 g/mol. The van der Waals surface area contributed by atoms with Crippen molar-refractivity contribution in [1.29, 1.82) is 0 Å². The van der Waals surface area contributed by atoms with Gasteiger partial charge in [-0.1, -0.05) is 6.07 Å². The molecule has 0 unspecified atom stereocenters. The van der Waals surface area contributed by atoms with Crippen LogP contribution in [0.5, 0.6) is 0 Å². The van der Waals surface area contributed by atoms with Gasteiger partial charge in [-0.15, -0.1) is 0 Å². The zero-order chi connectivity index (χ0) is 19.3. The number of hydrogen-bond acceptors (Lipinski definition) is 2. The van der Waals surface area contributed by atoms with Gasteiger partial charge in [0.25, 0.3) is 5.91 Å². The van der Waals surface area contributed by atoms with Gasteiger partial charge in [-0.3, -0.25) is 4.79 Å². The SMILES string of the molecule is CC1(C)c2ccc(C(=O)O)cc2C(=O)N1CC1CCC(C(F)(F)F)CC1. The quantitative estimate of drug-likeness (QED) is 0.857. The van der Waals surface area contributed by atoms with Gasteiger partial charge in [-0.05, 0) is 63.1 Å². The Morgan fingerprint density at radius 2 is 1.85 bits per heavy atom. The molecule has 0 spiro atoms. The summed E-state index contributed by atoms with van der Waals surface area (Å²) >= 11 is 0. The van der Waals surface area contributed by atoms with E-state index in [1.165, 1.54) is 12.1 Å². The number of rotatable bonds is 3. The number of fused-ring (bicyclic) bond motifs is 1. The van der Waals surface area contributed by atoms with Crippen LogP contribution in [0.3, 0.4) is 0 Å². The molecule has 0 aromatic heterocycles. The van der Waals surface area contributed by atoms with Crippen molar-refractivity contribution in [1.82, 2.24) is 4.90 Å². The second-order valence-electron chi connectivity index (χ2n) is 7.80. The highest BCUT2D eigenvalue weighted by Gasteiger charge is 2.46. The molecule has 0 atom stereocenters. The Morgan fingerprint density at radius 3 is 2.38 bits per heavy atom. The van der Waals surface area contributed by atoms with Gasteiger partial charge in [0.15, 0.2) is 0 Å². The Bertz CT molecular complexity index is 734. The predicted octanol–water partition coefficient (Wildman–Crippen LogP) is 4.44. The molecular formula is C19H22F3NO3. The molecule has 1 aromatic rings. The van der Waals surface area contributed by atoms with E-state index in [0.717, 1.165) is 5.56 Å². The zero-order valence-corrected chi connectivity index (χ0v) is 14.8. The Kier molecular flexibility index (Phi) is 4.53. The second-order valence-corrected chi connectivity index (χ2v) is 7.80. The number of amides is 1. The standard InChI is InChI=1S/C19H22F3NO3/c1-18(2)15-8-5-12(17(25)26)9-14(15)16(24)23(18)10-11-3-6-13(7-4-11)19(20,21)22/h5,8-9,11,13H,3-4,6-7,10H2,1-2H3,(H,25,26). The second kappa shape index (κ2) is 6.28. The van der Waals surface area contributed by atoms with Crippen molar-refractivity contribution in [2.45, 2.75) is 51.2 Å². The summed E-state index contributed by atoms with van der Waals surface area (Å²) in [4.78, 5) is 25.7. The third kappa shape index (κ3) is 3.19. The number of carbonyl (C=O) groups is 2. The number of carboxylic acid groups (broad SMARTS) is 1. The first kappa shape index (κ1) is 18.7. The van der Waals surface area contributed by atoms with Crippen molar-refractivity contribution >= 4 is 11.9 Å². The summed E-state index contributed by atoms with van der Waals surface area (Å²) < 4.78 is 38.5. The highest BCUT2D eigenvalue weighted by molar-refractivity contribution is 6.02. The molecule has 26 heavy (non-hydrogen) atoms. The maximum atomic E-state index is 12.8. The number of halogens is 3. The molecule has 1 aliphatic carbocycles. The third-order valence-corrected chi connectivity index (χ3v) is 5.83. The van der Waals surface area contributed by atoms with Crippen molar-refractivity contribution < 1.29 is 27.9 Å². The van der Waals surface area contributed by atoms with Crippen LogP contribution in [-0.2, 0) is 5.54 Å². The van der Waals surface area contributed by atoms with E-state index in [1.807, 2.05) is 13.8 Å². The summed E-state index contributed by atoms with van der Waals surface area (Å²) in [5.41, 5.74) is 0.584. The Balaban J connectivity index is 1.75. The molecule has 7 heteroatoms. The molecule has 0 bridgehead atoms. The lowest BCUT2D eigenvalue weighted by molar-refractivity contribution is -0.184. The topological polar surface area (TPSA) is 57.6 Å². The fourth-order valence-electron chi connectivity index (χ4n) is 4.17. The van der Waals surface area contributed by atoms with Crippen LogP contribution in [0.4, 0.5) is 13.2 Å². The number of nitrogens with zero attached hydrogens (tertiary/aromatic N) is 1. The molecule has 1 fully saturated rings. The van der Waals surface area contributed by atoms with Gasteiger partial charge in [-0.2, -0.15) is 13.2 Å².